The van der Waals surface area contributed by atoms with Crippen molar-refractivity contribution in [3.8, 4) is 11.5 Å². The lowest BCUT2D eigenvalue weighted by Gasteiger charge is -2.12. The van der Waals surface area contributed by atoms with E-state index in [0.29, 0.717) is 33.2 Å². The lowest BCUT2D eigenvalue weighted by Crippen LogP contribution is -2.29. The first-order valence-corrected chi connectivity index (χ1v) is 10.4. The molecular formula is C22H22N4O4S. The largest absolute Gasteiger partial charge is 0.493 e. The molecule has 0 aliphatic rings. The lowest BCUT2D eigenvalue weighted by atomic mass is 10.1. The number of carbonyl (C=O) groups is 1. The van der Waals surface area contributed by atoms with E-state index in [-0.39, 0.29) is 18.0 Å². The molecule has 1 aromatic carbocycles. The highest BCUT2D eigenvalue weighted by atomic mass is 32.1. The molecule has 4 aromatic rings. The molecule has 0 unspecified atom stereocenters. The van der Waals surface area contributed by atoms with Crippen LogP contribution in [0.25, 0.3) is 20.4 Å². The molecule has 0 aliphatic carbocycles. The van der Waals surface area contributed by atoms with Gasteiger partial charge in [0.25, 0.3) is 5.56 Å². The number of pyridine rings is 1. The quantitative estimate of drug-likeness (QED) is 0.512. The zero-order valence-corrected chi connectivity index (χ0v) is 18.7. The first kappa shape index (κ1) is 20.8. The maximum atomic E-state index is 13.2. The van der Waals surface area contributed by atoms with Crippen LogP contribution in [0.15, 0.2) is 29.1 Å². The number of rotatable bonds is 5. The van der Waals surface area contributed by atoms with Crippen molar-refractivity contribution >= 4 is 43.4 Å². The van der Waals surface area contributed by atoms with Crippen molar-refractivity contribution < 1.29 is 14.3 Å². The van der Waals surface area contributed by atoms with Gasteiger partial charge in [-0.15, -0.1) is 11.3 Å². The van der Waals surface area contributed by atoms with Gasteiger partial charge >= 0.3 is 0 Å². The fourth-order valence-electron chi connectivity index (χ4n) is 3.61. The summed E-state index contributed by atoms with van der Waals surface area (Å²) in [5.74, 6) is 1.19. The van der Waals surface area contributed by atoms with E-state index in [1.807, 2.05) is 19.9 Å². The predicted molar refractivity (Wildman–Crippen MR) is 122 cm³/mol. The van der Waals surface area contributed by atoms with Gasteiger partial charge in [-0.3, -0.25) is 14.2 Å². The summed E-state index contributed by atoms with van der Waals surface area (Å²) in [6.45, 7) is 5.49. The Bertz CT molecular complexity index is 1390. The van der Waals surface area contributed by atoms with Crippen molar-refractivity contribution in [1.82, 2.24) is 14.5 Å². The van der Waals surface area contributed by atoms with Crippen LogP contribution < -0.4 is 20.3 Å². The van der Waals surface area contributed by atoms with Crippen molar-refractivity contribution in [2.45, 2.75) is 27.3 Å². The molecule has 0 atom stereocenters. The number of nitrogens with zero attached hydrogens (tertiary/aromatic N) is 3. The number of ether oxygens (including phenoxy) is 2. The zero-order chi connectivity index (χ0) is 22.3. The first-order chi connectivity index (χ1) is 14.8. The summed E-state index contributed by atoms with van der Waals surface area (Å²) in [4.78, 5) is 35.8. The first-order valence-electron chi connectivity index (χ1n) is 9.62. The average molecular weight is 439 g/mol. The molecule has 0 aliphatic heterocycles. The summed E-state index contributed by atoms with van der Waals surface area (Å²) in [5, 5.41) is 3.69. The number of hydrogen-bond donors (Lipinski definition) is 1. The van der Waals surface area contributed by atoms with E-state index < -0.39 is 0 Å². The van der Waals surface area contributed by atoms with Crippen LogP contribution in [0.2, 0.25) is 0 Å². The molecule has 8 nitrogen and oxygen atoms in total. The van der Waals surface area contributed by atoms with Gasteiger partial charge in [0.05, 0.1) is 19.7 Å². The van der Waals surface area contributed by atoms with Crippen molar-refractivity contribution in [2.75, 3.05) is 19.5 Å². The molecule has 3 heterocycles. The van der Waals surface area contributed by atoms with Crippen LogP contribution in [-0.4, -0.2) is 34.7 Å². The van der Waals surface area contributed by atoms with Crippen molar-refractivity contribution in [3.05, 3.63) is 51.7 Å². The Balaban J connectivity index is 1.68. The van der Waals surface area contributed by atoms with Crippen LogP contribution in [0.1, 0.15) is 17.1 Å². The minimum Gasteiger partial charge on any atom is -0.493 e. The van der Waals surface area contributed by atoms with Crippen molar-refractivity contribution in [3.63, 3.8) is 0 Å². The van der Waals surface area contributed by atoms with Crippen LogP contribution in [-0.2, 0) is 11.3 Å². The highest BCUT2D eigenvalue weighted by Crippen LogP contribution is 2.32. The number of anilines is 1. The van der Waals surface area contributed by atoms with Gasteiger partial charge < -0.3 is 14.8 Å². The van der Waals surface area contributed by atoms with E-state index in [2.05, 4.69) is 15.3 Å². The number of thiophene rings is 1. The Morgan fingerprint density at radius 2 is 1.84 bits per heavy atom. The highest BCUT2D eigenvalue weighted by Gasteiger charge is 2.18. The van der Waals surface area contributed by atoms with Crippen molar-refractivity contribution in [2.24, 2.45) is 0 Å². The Morgan fingerprint density at radius 3 is 2.55 bits per heavy atom. The molecule has 3 aromatic heterocycles. The fraction of sp³-hybridized carbons (Fsp3) is 0.273. The maximum absolute atomic E-state index is 13.2. The molecule has 0 bridgehead atoms. The predicted octanol–water partition coefficient (Wildman–Crippen LogP) is 3.59. The highest BCUT2D eigenvalue weighted by molar-refractivity contribution is 7.25. The van der Waals surface area contributed by atoms with E-state index in [1.165, 1.54) is 23.0 Å². The van der Waals surface area contributed by atoms with Crippen LogP contribution in [0.4, 0.5) is 5.69 Å². The number of nitrogens with one attached hydrogen (secondary N) is 1. The molecule has 160 valence electrons. The number of aromatic nitrogens is 3. The van der Waals surface area contributed by atoms with Gasteiger partial charge in [0.2, 0.25) is 5.91 Å². The number of amides is 1. The number of benzene rings is 1. The standard InChI is InChI=1S/C22H22N4O4S/c1-11-8-12(2)23-21-18(11)19-20(31-21)22(28)26(13(3)24-19)10-17(27)25-14-6-7-15(29-4)16(9-14)30-5/h6-9H,10H2,1-5H3,(H,25,27). The van der Waals surface area contributed by atoms with Crippen LogP contribution in [0.3, 0.4) is 0 Å². The average Bonchev–Trinajstić information content (AvgIpc) is 3.09. The topological polar surface area (TPSA) is 95.3 Å². The number of carbonyl (C=O) groups excluding carboxylic acids is 1. The van der Waals surface area contributed by atoms with Gasteiger partial charge in [-0.25, -0.2) is 9.97 Å². The SMILES string of the molecule is COc1ccc(NC(=O)Cn2c(C)nc3c(sc4nc(C)cc(C)c43)c2=O)cc1OC. The van der Waals surface area contributed by atoms with Gasteiger partial charge in [0, 0.05) is 22.8 Å². The van der Waals surface area contributed by atoms with Crippen LogP contribution in [0, 0.1) is 20.8 Å². The molecular weight excluding hydrogens is 416 g/mol. The smallest absolute Gasteiger partial charge is 0.272 e. The summed E-state index contributed by atoms with van der Waals surface area (Å²) in [6.07, 6.45) is 0. The number of fused-ring (bicyclic) bond motifs is 3. The van der Waals surface area contributed by atoms with E-state index in [4.69, 9.17) is 9.47 Å². The summed E-state index contributed by atoms with van der Waals surface area (Å²) in [6, 6.07) is 7.05. The molecule has 0 saturated heterocycles. The third kappa shape index (κ3) is 3.72. The van der Waals surface area contributed by atoms with E-state index in [9.17, 15) is 9.59 Å². The van der Waals surface area contributed by atoms with Crippen molar-refractivity contribution in [1.29, 1.82) is 0 Å². The maximum Gasteiger partial charge on any atom is 0.272 e. The summed E-state index contributed by atoms with van der Waals surface area (Å²) < 4.78 is 12.4. The molecule has 0 saturated carbocycles. The molecule has 4 rings (SSSR count). The van der Waals surface area contributed by atoms with Crippen LogP contribution in [0.5, 0.6) is 11.5 Å². The Labute approximate surface area is 182 Å². The van der Waals surface area contributed by atoms with Gasteiger partial charge in [-0.1, -0.05) is 0 Å². The van der Waals surface area contributed by atoms with E-state index in [1.54, 1.807) is 32.2 Å². The third-order valence-corrected chi connectivity index (χ3v) is 6.10. The van der Waals surface area contributed by atoms with Gasteiger partial charge in [0.1, 0.15) is 21.9 Å². The summed E-state index contributed by atoms with van der Waals surface area (Å²) in [5.41, 5.74) is 2.86. The summed E-state index contributed by atoms with van der Waals surface area (Å²) >= 11 is 1.31. The van der Waals surface area contributed by atoms with Crippen LogP contribution >= 0.6 is 11.3 Å². The Hall–Kier alpha value is -3.46. The van der Waals surface area contributed by atoms with Gasteiger partial charge in [-0.05, 0) is 44.5 Å². The number of hydrogen-bond acceptors (Lipinski definition) is 7. The monoisotopic (exact) mass is 438 g/mol. The minimum atomic E-state index is -0.343. The lowest BCUT2D eigenvalue weighted by molar-refractivity contribution is -0.116. The Morgan fingerprint density at radius 1 is 1.10 bits per heavy atom. The Kier molecular flexibility index (Phi) is 5.36. The summed E-state index contributed by atoms with van der Waals surface area (Å²) in [7, 11) is 3.07. The molecule has 1 amide bonds. The molecule has 0 radical (unpaired) electrons. The molecule has 31 heavy (non-hydrogen) atoms. The van der Waals surface area contributed by atoms with Gasteiger partial charge in [-0.2, -0.15) is 0 Å². The van der Waals surface area contributed by atoms with E-state index >= 15 is 0 Å². The van der Waals surface area contributed by atoms with Gasteiger partial charge in [0.15, 0.2) is 11.5 Å². The molecule has 9 heteroatoms. The number of methoxy groups -OCH3 is 2. The molecule has 1 N–H and O–H groups in total. The second kappa shape index (κ2) is 7.99. The second-order valence-electron chi connectivity index (χ2n) is 7.21. The second-order valence-corrected chi connectivity index (χ2v) is 8.21. The minimum absolute atomic E-state index is 0.151. The molecule has 0 spiro atoms. The molecule has 0 fully saturated rings. The number of aryl methyl sites for hydroxylation is 3. The third-order valence-electron chi connectivity index (χ3n) is 5.03. The normalized spacial score (nSPS) is 11.1. The van der Waals surface area contributed by atoms with E-state index in [0.717, 1.165) is 21.5 Å². The fourth-order valence-corrected chi connectivity index (χ4v) is 4.80. The zero-order valence-electron chi connectivity index (χ0n) is 17.9.